The van der Waals surface area contributed by atoms with Crippen molar-refractivity contribution in [3.63, 3.8) is 0 Å². The van der Waals surface area contributed by atoms with Crippen LogP contribution in [-0.2, 0) is 4.79 Å². The molecule has 0 spiro atoms. The fourth-order valence-corrected chi connectivity index (χ4v) is 1.97. The minimum Gasteiger partial charge on any atom is -0.480 e. The molecule has 18 heavy (non-hydrogen) atoms. The average Bonchev–Trinajstić information content (AvgIpc) is 3.15. The molecule has 4 nitrogen and oxygen atoms in total. The van der Waals surface area contributed by atoms with E-state index in [1.165, 1.54) is 0 Å². The van der Waals surface area contributed by atoms with Gasteiger partial charge in [0.05, 0.1) is 4.47 Å². The topological polar surface area (TPSA) is 55.4 Å². The molecule has 1 atom stereocenters. The highest BCUT2D eigenvalue weighted by Crippen LogP contribution is 2.26. The van der Waals surface area contributed by atoms with Gasteiger partial charge in [0, 0.05) is 11.6 Å². The van der Waals surface area contributed by atoms with E-state index >= 15 is 0 Å². The number of amides is 1. The van der Waals surface area contributed by atoms with Crippen LogP contribution >= 0.6 is 15.9 Å². The van der Waals surface area contributed by atoms with E-state index in [0.29, 0.717) is 21.8 Å². The fraction of sp³-hybridized carbons (Fsp3) is 0.385. The van der Waals surface area contributed by atoms with E-state index in [-0.39, 0.29) is 5.91 Å². The molecule has 1 aromatic rings. The van der Waals surface area contributed by atoms with Crippen molar-refractivity contribution in [3.8, 4) is 5.75 Å². The summed E-state index contributed by atoms with van der Waals surface area (Å²) in [6.07, 6.45) is 2.31. The molecule has 5 heteroatoms. The number of hydrogen-bond donors (Lipinski definition) is 1. The third-order valence-corrected chi connectivity index (χ3v) is 3.31. The lowest BCUT2D eigenvalue weighted by molar-refractivity contribution is -0.127. The van der Waals surface area contributed by atoms with E-state index in [2.05, 4.69) is 21.2 Å². The first-order chi connectivity index (χ1) is 8.60. The molecule has 1 amide bonds. The van der Waals surface area contributed by atoms with Crippen LogP contribution in [-0.4, -0.2) is 24.3 Å². The van der Waals surface area contributed by atoms with Crippen LogP contribution in [0.5, 0.6) is 5.75 Å². The van der Waals surface area contributed by atoms with E-state index < -0.39 is 6.10 Å². The molecular formula is C13H14BrNO3. The number of hydrogen-bond acceptors (Lipinski definition) is 3. The van der Waals surface area contributed by atoms with Crippen LogP contribution in [0.3, 0.4) is 0 Å². The zero-order valence-electron chi connectivity index (χ0n) is 9.98. The first-order valence-corrected chi connectivity index (χ1v) is 6.61. The summed E-state index contributed by atoms with van der Waals surface area (Å²) in [5.74, 6) is 0.447. The molecule has 1 aliphatic rings. The number of benzene rings is 1. The number of carbonyl (C=O) groups excluding carboxylic acids is 2. The summed E-state index contributed by atoms with van der Waals surface area (Å²) in [5, 5.41) is 2.88. The summed E-state index contributed by atoms with van der Waals surface area (Å²) in [7, 11) is 0. The van der Waals surface area contributed by atoms with Crippen molar-refractivity contribution < 1.29 is 14.3 Å². The summed E-state index contributed by atoms with van der Waals surface area (Å²) >= 11 is 3.31. The minimum atomic E-state index is -0.552. The van der Waals surface area contributed by atoms with Crippen LogP contribution in [0.4, 0.5) is 0 Å². The van der Waals surface area contributed by atoms with Crippen molar-refractivity contribution in [1.82, 2.24) is 5.32 Å². The second kappa shape index (κ2) is 5.52. The summed E-state index contributed by atoms with van der Waals surface area (Å²) < 4.78 is 6.23. The molecule has 1 aromatic carbocycles. The normalized spacial score (nSPS) is 15.9. The highest BCUT2D eigenvalue weighted by atomic mass is 79.9. The van der Waals surface area contributed by atoms with Crippen molar-refractivity contribution in [3.05, 3.63) is 28.2 Å². The van der Waals surface area contributed by atoms with Gasteiger partial charge in [0.15, 0.2) is 6.10 Å². The van der Waals surface area contributed by atoms with E-state index in [1.807, 2.05) is 0 Å². The van der Waals surface area contributed by atoms with Gasteiger partial charge >= 0.3 is 0 Å². The first-order valence-electron chi connectivity index (χ1n) is 5.82. The fourth-order valence-electron chi connectivity index (χ4n) is 1.48. The Labute approximate surface area is 114 Å². The monoisotopic (exact) mass is 311 g/mol. The van der Waals surface area contributed by atoms with Crippen molar-refractivity contribution in [2.45, 2.75) is 31.9 Å². The first kappa shape index (κ1) is 13.1. The molecule has 0 saturated heterocycles. The minimum absolute atomic E-state index is 0.108. The maximum absolute atomic E-state index is 11.7. The molecule has 0 aliphatic heterocycles. The second-order valence-corrected chi connectivity index (χ2v) is 5.20. The van der Waals surface area contributed by atoms with Gasteiger partial charge in [-0.15, -0.1) is 0 Å². The number of nitrogens with one attached hydrogen (secondary N) is 1. The van der Waals surface area contributed by atoms with Gasteiger partial charge in [-0.2, -0.15) is 0 Å². The van der Waals surface area contributed by atoms with Gasteiger partial charge < -0.3 is 10.1 Å². The summed E-state index contributed by atoms with van der Waals surface area (Å²) in [4.78, 5) is 22.3. The highest BCUT2D eigenvalue weighted by molar-refractivity contribution is 9.10. The third kappa shape index (κ3) is 3.32. The lowest BCUT2D eigenvalue weighted by Crippen LogP contribution is -2.37. The Bertz CT molecular complexity index is 471. The molecular weight excluding hydrogens is 298 g/mol. The predicted molar refractivity (Wildman–Crippen MR) is 70.8 cm³/mol. The second-order valence-electron chi connectivity index (χ2n) is 4.35. The standard InChI is InChI=1S/C13H14BrNO3/c1-8(13(17)15-10-3-4-10)18-12-5-2-9(7-16)6-11(12)14/h2,5-8,10H,3-4H2,1H3,(H,15,17)/t8-/m1/s1. The maximum atomic E-state index is 11.7. The van der Waals surface area contributed by atoms with Crippen molar-refractivity contribution >= 4 is 28.1 Å². The van der Waals surface area contributed by atoms with Gasteiger partial charge in [-0.3, -0.25) is 9.59 Å². The van der Waals surface area contributed by atoms with Gasteiger partial charge in [-0.1, -0.05) is 0 Å². The number of aldehydes is 1. The Balaban J connectivity index is 1.99. The van der Waals surface area contributed by atoms with Crippen LogP contribution in [0.25, 0.3) is 0 Å². The van der Waals surface area contributed by atoms with Gasteiger partial charge in [0.1, 0.15) is 12.0 Å². The lowest BCUT2D eigenvalue weighted by Gasteiger charge is -2.15. The molecule has 1 aliphatic carbocycles. The molecule has 0 radical (unpaired) electrons. The lowest BCUT2D eigenvalue weighted by atomic mass is 10.2. The molecule has 96 valence electrons. The number of halogens is 1. The Kier molecular flexibility index (Phi) is 4.01. The largest absolute Gasteiger partial charge is 0.480 e. The molecule has 0 aromatic heterocycles. The maximum Gasteiger partial charge on any atom is 0.260 e. The van der Waals surface area contributed by atoms with Crippen molar-refractivity contribution in [2.75, 3.05) is 0 Å². The highest BCUT2D eigenvalue weighted by Gasteiger charge is 2.26. The summed E-state index contributed by atoms with van der Waals surface area (Å²) in [5.41, 5.74) is 0.560. The van der Waals surface area contributed by atoms with Crippen LogP contribution in [0, 0.1) is 0 Å². The summed E-state index contributed by atoms with van der Waals surface area (Å²) in [6.45, 7) is 1.71. The number of ether oxygens (including phenoxy) is 1. The molecule has 0 heterocycles. The molecule has 2 rings (SSSR count). The number of carbonyl (C=O) groups is 2. The Morgan fingerprint density at radius 1 is 1.56 bits per heavy atom. The third-order valence-electron chi connectivity index (χ3n) is 2.69. The zero-order valence-corrected chi connectivity index (χ0v) is 11.6. The van der Waals surface area contributed by atoms with Crippen molar-refractivity contribution in [2.24, 2.45) is 0 Å². The van der Waals surface area contributed by atoms with Crippen molar-refractivity contribution in [1.29, 1.82) is 0 Å². The quantitative estimate of drug-likeness (QED) is 0.849. The smallest absolute Gasteiger partial charge is 0.260 e. The summed E-state index contributed by atoms with van der Waals surface area (Å²) in [6, 6.07) is 5.31. The van der Waals surface area contributed by atoms with E-state index in [4.69, 9.17) is 4.74 Å². The SMILES string of the molecule is C[C@@H](Oc1ccc(C=O)cc1Br)C(=O)NC1CC1. The molecule has 0 unspecified atom stereocenters. The molecule has 1 saturated carbocycles. The Hall–Kier alpha value is -1.36. The zero-order chi connectivity index (χ0) is 13.1. The van der Waals surface area contributed by atoms with E-state index in [9.17, 15) is 9.59 Å². The molecule has 1 fully saturated rings. The predicted octanol–water partition coefficient (Wildman–Crippen LogP) is 2.31. The molecule has 0 bridgehead atoms. The van der Waals surface area contributed by atoms with Crippen LogP contribution in [0.2, 0.25) is 0 Å². The van der Waals surface area contributed by atoms with Gasteiger partial charge in [-0.05, 0) is 53.9 Å². The van der Waals surface area contributed by atoms with Crippen LogP contribution < -0.4 is 10.1 Å². The Morgan fingerprint density at radius 2 is 2.28 bits per heavy atom. The van der Waals surface area contributed by atoms with Crippen LogP contribution in [0.15, 0.2) is 22.7 Å². The molecule has 1 N–H and O–H groups in total. The van der Waals surface area contributed by atoms with Gasteiger partial charge in [0.25, 0.3) is 5.91 Å². The Morgan fingerprint density at radius 3 is 2.83 bits per heavy atom. The van der Waals surface area contributed by atoms with E-state index in [1.54, 1.807) is 25.1 Å². The van der Waals surface area contributed by atoms with Gasteiger partial charge in [0.2, 0.25) is 0 Å². The van der Waals surface area contributed by atoms with Gasteiger partial charge in [-0.25, -0.2) is 0 Å². The van der Waals surface area contributed by atoms with Crippen LogP contribution in [0.1, 0.15) is 30.1 Å². The number of rotatable bonds is 5. The van der Waals surface area contributed by atoms with E-state index in [0.717, 1.165) is 19.1 Å². The average molecular weight is 312 g/mol.